The molecule has 2 heterocycles. The van der Waals surface area contributed by atoms with E-state index in [4.69, 9.17) is 16.3 Å². The van der Waals surface area contributed by atoms with E-state index in [1.807, 2.05) is 0 Å². The lowest BCUT2D eigenvalue weighted by Crippen LogP contribution is -2.34. The summed E-state index contributed by atoms with van der Waals surface area (Å²) >= 11 is 5.75. The molecule has 1 spiro atoms. The van der Waals surface area contributed by atoms with Crippen LogP contribution in [-0.2, 0) is 11.3 Å². The zero-order valence-electron chi connectivity index (χ0n) is 10.7. The van der Waals surface area contributed by atoms with Crippen LogP contribution in [0, 0.1) is 0 Å². The number of hydrogen-bond acceptors (Lipinski definition) is 3. The van der Waals surface area contributed by atoms with E-state index in [0.29, 0.717) is 6.54 Å². The highest BCUT2D eigenvalue weighted by atomic mass is 35.5. The van der Waals surface area contributed by atoms with Crippen molar-refractivity contribution in [2.45, 2.75) is 56.8 Å². The van der Waals surface area contributed by atoms with Gasteiger partial charge in [-0.15, -0.1) is 0 Å². The van der Waals surface area contributed by atoms with Gasteiger partial charge in [-0.2, -0.15) is 0 Å². The Kier molecular flexibility index (Phi) is 3.27. The summed E-state index contributed by atoms with van der Waals surface area (Å²) in [4.78, 5) is 25.1. The van der Waals surface area contributed by atoms with E-state index in [-0.39, 0.29) is 16.7 Å². The molecule has 1 N–H and O–H groups in total. The number of halogens is 1. The molecule has 5 nitrogen and oxygen atoms in total. The highest BCUT2D eigenvalue weighted by Gasteiger charge is 2.42. The van der Waals surface area contributed by atoms with Gasteiger partial charge in [0, 0.05) is 6.20 Å². The van der Waals surface area contributed by atoms with Crippen molar-refractivity contribution < 1.29 is 4.74 Å². The molecule has 1 unspecified atom stereocenters. The van der Waals surface area contributed by atoms with E-state index in [9.17, 15) is 9.59 Å². The van der Waals surface area contributed by atoms with E-state index in [2.05, 4.69) is 4.98 Å². The molecule has 1 saturated heterocycles. The minimum atomic E-state index is -0.539. The highest BCUT2D eigenvalue weighted by Crippen LogP contribution is 2.43. The Balaban J connectivity index is 1.74. The Morgan fingerprint density at radius 3 is 2.84 bits per heavy atom. The topological polar surface area (TPSA) is 64.1 Å². The van der Waals surface area contributed by atoms with Crippen molar-refractivity contribution in [3.8, 4) is 0 Å². The Morgan fingerprint density at radius 1 is 1.37 bits per heavy atom. The summed E-state index contributed by atoms with van der Waals surface area (Å²) in [6.45, 7) is 0.455. The molecule has 3 rings (SSSR count). The molecule has 1 aliphatic heterocycles. The van der Waals surface area contributed by atoms with Gasteiger partial charge < -0.3 is 4.74 Å². The minimum absolute atomic E-state index is 0.0353. The Hall–Kier alpha value is -1.07. The summed E-state index contributed by atoms with van der Waals surface area (Å²) in [6.07, 6.45) is 8.19. The molecule has 1 atom stereocenters. The summed E-state index contributed by atoms with van der Waals surface area (Å²) in [5.74, 6) is 0. The molecule has 1 aliphatic carbocycles. The van der Waals surface area contributed by atoms with Crippen LogP contribution in [0.1, 0.15) is 38.5 Å². The fourth-order valence-corrected chi connectivity index (χ4v) is 3.41. The number of nitrogens with zero attached hydrogens (tertiary/aromatic N) is 1. The van der Waals surface area contributed by atoms with Gasteiger partial charge in [-0.1, -0.05) is 24.4 Å². The standard InChI is InChI=1S/C13H17ClN2O3/c14-10-8-16(12(18)15-11(10)17)7-9-3-6-13(19-9)4-1-2-5-13/h8-9H,1-7H2,(H,15,17,18). The molecule has 1 aromatic heterocycles. The van der Waals surface area contributed by atoms with Crippen LogP contribution in [0.4, 0.5) is 0 Å². The first kappa shape index (κ1) is 12.9. The van der Waals surface area contributed by atoms with Crippen molar-refractivity contribution in [1.29, 1.82) is 0 Å². The predicted octanol–water partition coefficient (Wildman–Crippen LogP) is 1.68. The molecular weight excluding hydrogens is 268 g/mol. The SMILES string of the molecule is O=c1[nH]c(=O)n(CC2CCC3(CCCC3)O2)cc1Cl. The van der Waals surface area contributed by atoms with E-state index in [1.54, 1.807) is 0 Å². The molecule has 2 aliphatic rings. The Labute approximate surface area is 115 Å². The molecular formula is C13H17ClN2O3. The number of H-pyrrole nitrogens is 1. The van der Waals surface area contributed by atoms with Crippen LogP contribution in [0.25, 0.3) is 0 Å². The lowest BCUT2D eigenvalue weighted by atomic mass is 9.98. The smallest absolute Gasteiger partial charge is 0.328 e. The first-order valence-electron chi connectivity index (χ1n) is 6.75. The maximum absolute atomic E-state index is 11.7. The second-order valence-electron chi connectivity index (χ2n) is 5.56. The molecule has 0 aromatic carbocycles. The number of aromatic nitrogens is 2. The van der Waals surface area contributed by atoms with Gasteiger partial charge >= 0.3 is 5.69 Å². The molecule has 0 radical (unpaired) electrons. The van der Waals surface area contributed by atoms with Gasteiger partial charge in [0.2, 0.25) is 0 Å². The highest BCUT2D eigenvalue weighted by molar-refractivity contribution is 6.30. The van der Waals surface area contributed by atoms with Crippen LogP contribution in [0.5, 0.6) is 0 Å². The van der Waals surface area contributed by atoms with Crippen LogP contribution in [0.15, 0.2) is 15.8 Å². The van der Waals surface area contributed by atoms with Crippen molar-refractivity contribution in [3.63, 3.8) is 0 Å². The lowest BCUT2D eigenvalue weighted by Gasteiger charge is -2.24. The van der Waals surface area contributed by atoms with Gasteiger partial charge in [0.1, 0.15) is 5.02 Å². The van der Waals surface area contributed by atoms with E-state index < -0.39 is 11.2 Å². The lowest BCUT2D eigenvalue weighted by molar-refractivity contribution is -0.0422. The second-order valence-corrected chi connectivity index (χ2v) is 5.96. The molecule has 1 saturated carbocycles. The van der Waals surface area contributed by atoms with Crippen LogP contribution in [0.3, 0.4) is 0 Å². The van der Waals surface area contributed by atoms with Crippen molar-refractivity contribution >= 4 is 11.6 Å². The van der Waals surface area contributed by atoms with Crippen LogP contribution >= 0.6 is 11.6 Å². The second kappa shape index (κ2) is 4.80. The maximum atomic E-state index is 11.7. The van der Waals surface area contributed by atoms with Gasteiger partial charge in [0.05, 0.1) is 18.2 Å². The summed E-state index contributed by atoms with van der Waals surface area (Å²) in [5, 5.41) is 0.0353. The van der Waals surface area contributed by atoms with E-state index >= 15 is 0 Å². The summed E-state index contributed by atoms with van der Waals surface area (Å²) in [7, 11) is 0. The third-order valence-electron chi connectivity index (χ3n) is 4.22. The summed E-state index contributed by atoms with van der Waals surface area (Å²) in [6, 6.07) is 0. The Morgan fingerprint density at radius 2 is 2.11 bits per heavy atom. The summed E-state index contributed by atoms with van der Waals surface area (Å²) < 4.78 is 7.58. The van der Waals surface area contributed by atoms with Crippen LogP contribution in [0.2, 0.25) is 5.02 Å². The molecule has 0 amide bonds. The number of aromatic amines is 1. The molecule has 104 valence electrons. The van der Waals surface area contributed by atoms with Crippen molar-refractivity contribution in [1.82, 2.24) is 9.55 Å². The van der Waals surface area contributed by atoms with Gasteiger partial charge in [0.25, 0.3) is 5.56 Å². The number of nitrogens with one attached hydrogen (secondary N) is 1. The summed E-state index contributed by atoms with van der Waals surface area (Å²) in [5.41, 5.74) is -0.909. The average Bonchev–Trinajstić information content (AvgIpc) is 2.98. The van der Waals surface area contributed by atoms with Crippen LogP contribution in [-0.4, -0.2) is 21.3 Å². The third kappa shape index (κ3) is 2.49. The normalized spacial score (nSPS) is 25.2. The molecule has 2 fully saturated rings. The molecule has 1 aromatic rings. The first-order valence-corrected chi connectivity index (χ1v) is 7.13. The fraction of sp³-hybridized carbons (Fsp3) is 0.692. The van der Waals surface area contributed by atoms with Crippen molar-refractivity contribution in [2.24, 2.45) is 0 Å². The monoisotopic (exact) mass is 284 g/mol. The number of rotatable bonds is 2. The number of hydrogen-bond donors (Lipinski definition) is 1. The fourth-order valence-electron chi connectivity index (χ4n) is 3.25. The van der Waals surface area contributed by atoms with Crippen molar-refractivity contribution in [2.75, 3.05) is 0 Å². The number of ether oxygens (including phenoxy) is 1. The largest absolute Gasteiger partial charge is 0.370 e. The molecule has 6 heteroatoms. The third-order valence-corrected chi connectivity index (χ3v) is 4.49. The van der Waals surface area contributed by atoms with Crippen LogP contribution < -0.4 is 11.2 Å². The average molecular weight is 285 g/mol. The molecule has 0 bridgehead atoms. The van der Waals surface area contributed by atoms with Gasteiger partial charge in [0.15, 0.2) is 0 Å². The van der Waals surface area contributed by atoms with Crippen molar-refractivity contribution in [3.05, 3.63) is 32.1 Å². The quantitative estimate of drug-likeness (QED) is 0.899. The van der Waals surface area contributed by atoms with E-state index in [0.717, 1.165) is 25.7 Å². The van der Waals surface area contributed by atoms with Gasteiger partial charge in [-0.05, 0) is 25.7 Å². The van der Waals surface area contributed by atoms with E-state index in [1.165, 1.54) is 23.6 Å². The molecule has 19 heavy (non-hydrogen) atoms. The minimum Gasteiger partial charge on any atom is -0.370 e. The van der Waals surface area contributed by atoms with Gasteiger partial charge in [-0.25, -0.2) is 4.79 Å². The predicted molar refractivity (Wildman–Crippen MR) is 71.6 cm³/mol. The van der Waals surface area contributed by atoms with Gasteiger partial charge in [-0.3, -0.25) is 14.3 Å². The Bertz CT molecular complexity index is 586. The maximum Gasteiger partial charge on any atom is 0.328 e. The zero-order valence-corrected chi connectivity index (χ0v) is 11.4. The zero-order chi connectivity index (χ0) is 13.5. The first-order chi connectivity index (χ1) is 9.08.